The normalized spacial score (nSPS) is 12.1. The Balaban J connectivity index is 2.26. The first-order valence-corrected chi connectivity index (χ1v) is 6.34. The molecule has 3 nitrogen and oxygen atoms in total. The van der Waals surface area contributed by atoms with Gasteiger partial charge in [-0.25, -0.2) is 0 Å². The van der Waals surface area contributed by atoms with Gasteiger partial charge in [0, 0.05) is 11.2 Å². The second-order valence-electron chi connectivity index (χ2n) is 4.48. The van der Waals surface area contributed by atoms with E-state index in [0.29, 0.717) is 17.1 Å². The topological polar surface area (TPSA) is 50.2 Å². The number of rotatable bonds is 4. The SMILES string of the molecule is Cc1ccnc(C(Cc2ccc(Cl)cc2)C(=O)O)c1. The molecule has 1 N–H and O–H groups in total. The fraction of sp³-hybridized carbons (Fsp3) is 0.200. The summed E-state index contributed by atoms with van der Waals surface area (Å²) in [5, 5.41) is 10.0. The minimum Gasteiger partial charge on any atom is -0.481 e. The molecule has 1 aromatic carbocycles. The molecular weight excluding hydrogens is 262 g/mol. The van der Waals surface area contributed by atoms with E-state index in [1.54, 1.807) is 18.3 Å². The van der Waals surface area contributed by atoms with Crippen LogP contribution < -0.4 is 0 Å². The van der Waals surface area contributed by atoms with Crippen LogP contribution in [0.5, 0.6) is 0 Å². The van der Waals surface area contributed by atoms with E-state index in [1.165, 1.54) is 0 Å². The molecule has 0 saturated heterocycles. The van der Waals surface area contributed by atoms with E-state index < -0.39 is 11.9 Å². The lowest BCUT2D eigenvalue weighted by molar-refractivity contribution is -0.138. The summed E-state index contributed by atoms with van der Waals surface area (Å²) >= 11 is 5.82. The Bertz CT molecular complexity index is 581. The minimum atomic E-state index is -0.868. The molecule has 4 heteroatoms. The number of carbonyl (C=O) groups is 1. The van der Waals surface area contributed by atoms with E-state index in [4.69, 9.17) is 11.6 Å². The molecule has 0 saturated carbocycles. The number of nitrogens with zero attached hydrogens (tertiary/aromatic N) is 1. The van der Waals surface area contributed by atoms with Gasteiger partial charge in [0.25, 0.3) is 0 Å². The molecule has 0 aliphatic rings. The fourth-order valence-electron chi connectivity index (χ4n) is 1.92. The summed E-state index contributed by atoms with van der Waals surface area (Å²) in [4.78, 5) is 15.6. The molecule has 0 aliphatic heterocycles. The van der Waals surface area contributed by atoms with Crippen molar-refractivity contribution in [2.24, 2.45) is 0 Å². The second kappa shape index (κ2) is 5.85. The van der Waals surface area contributed by atoms with E-state index in [0.717, 1.165) is 11.1 Å². The van der Waals surface area contributed by atoms with E-state index >= 15 is 0 Å². The highest BCUT2D eigenvalue weighted by molar-refractivity contribution is 6.30. The van der Waals surface area contributed by atoms with Gasteiger partial charge in [0.1, 0.15) is 5.92 Å². The second-order valence-corrected chi connectivity index (χ2v) is 4.92. The van der Waals surface area contributed by atoms with Gasteiger partial charge in [-0.05, 0) is 48.7 Å². The molecular formula is C15H14ClNO2. The molecule has 0 fully saturated rings. The van der Waals surface area contributed by atoms with Crippen LogP contribution in [0.15, 0.2) is 42.6 Å². The van der Waals surface area contributed by atoms with E-state index in [9.17, 15) is 9.90 Å². The molecule has 0 spiro atoms. The molecule has 1 aromatic heterocycles. The largest absolute Gasteiger partial charge is 0.481 e. The molecule has 0 amide bonds. The number of hydrogen-bond donors (Lipinski definition) is 1. The van der Waals surface area contributed by atoms with Crippen LogP contribution in [0.4, 0.5) is 0 Å². The Morgan fingerprint density at radius 3 is 2.58 bits per heavy atom. The molecule has 19 heavy (non-hydrogen) atoms. The number of aryl methyl sites for hydroxylation is 1. The first kappa shape index (κ1) is 13.6. The predicted molar refractivity (Wildman–Crippen MR) is 74.5 cm³/mol. The highest BCUT2D eigenvalue weighted by Gasteiger charge is 2.21. The number of aromatic nitrogens is 1. The number of hydrogen-bond acceptors (Lipinski definition) is 2. The molecule has 1 heterocycles. The Hall–Kier alpha value is -1.87. The molecule has 0 bridgehead atoms. The smallest absolute Gasteiger partial charge is 0.312 e. The standard InChI is InChI=1S/C15H14ClNO2/c1-10-6-7-17-14(8-10)13(15(18)19)9-11-2-4-12(16)5-3-11/h2-8,13H,9H2,1H3,(H,18,19). The average molecular weight is 276 g/mol. The van der Waals surface area contributed by atoms with Crippen molar-refractivity contribution in [3.8, 4) is 0 Å². The zero-order valence-electron chi connectivity index (χ0n) is 10.5. The van der Waals surface area contributed by atoms with Crippen molar-refractivity contribution in [2.75, 3.05) is 0 Å². The first-order chi connectivity index (χ1) is 9.06. The number of aliphatic carboxylic acids is 1. The lowest BCUT2D eigenvalue weighted by atomic mass is 9.95. The summed E-state index contributed by atoms with van der Waals surface area (Å²) < 4.78 is 0. The predicted octanol–water partition coefficient (Wildman–Crippen LogP) is 3.45. The van der Waals surface area contributed by atoms with Crippen LogP contribution in [0.3, 0.4) is 0 Å². The van der Waals surface area contributed by atoms with Crippen molar-refractivity contribution in [3.05, 3.63) is 64.4 Å². The third-order valence-electron chi connectivity index (χ3n) is 2.94. The van der Waals surface area contributed by atoms with Crippen molar-refractivity contribution in [1.82, 2.24) is 4.98 Å². The van der Waals surface area contributed by atoms with Crippen LogP contribution in [0.25, 0.3) is 0 Å². The molecule has 1 unspecified atom stereocenters. The van der Waals surface area contributed by atoms with Gasteiger partial charge < -0.3 is 5.11 Å². The summed E-state index contributed by atoms with van der Waals surface area (Å²) in [6.07, 6.45) is 2.05. The number of pyridine rings is 1. The van der Waals surface area contributed by atoms with Gasteiger partial charge in [-0.1, -0.05) is 23.7 Å². The van der Waals surface area contributed by atoms with Gasteiger partial charge in [0.15, 0.2) is 0 Å². The maximum absolute atomic E-state index is 11.4. The number of carboxylic acids is 1. The highest BCUT2D eigenvalue weighted by Crippen LogP contribution is 2.21. The van der Waals surface area contributed by atoms with Crippen LogP contribution >= 0.6 is 11.6 Å². The lowest BCUT2D eigenvalue weighted by Crippen LogP contribution is -2.16. The summed E-state index contributed by atoms with van der Waals surface area (Å²) in [6.45, 7) is 1.92. The summed E-state index contributed by atoms with van der Waals surface area (Å²) in [7, 11) is 0. The van der Waals surface area contributed by atoms with Gasteiger partial charge in [0.2, 0.25) is 0 Å². The minimum absolute atomic E-state index is 0.406. The molecule has 0 radical (unpaired) electrons. The molecule has 1 atom stereocenters. The number of benzene rings is 1. The zero-order valence-corrected chi connectivity index (χ0v) is 11.3. The van der Waals surface area contributed by atoms with Gasteiger partial charge in [0.05, 0.1) is 5.69 Å². The number of carboxylic acid groups (broad SMARTS) is 1. The van der Waals surface area contributed by atoms with Gasteiger partial charge in [-0.3, -0.25) is 9.78 Å². The van der Waals surface area contributed by atoms with Crippen LogP contribution in [-0.2, 0) is 11.2 Å². The summed E-state index contributed by atoms with van der Waals surface area (Å²) in [5.41, 5.74) is 2.52. The van der Waals surface area contributed by atoms with Gasteiger partial charge >= 0.3 is 5.97 Å². The molecule has 98 valence electrons. The van der Waals surface area contributed by atoms with E-state index in [-0.39, 0.29) is 0 Å². The third-order valence-corrected chi connectivity index (χ3v) is 3.20. The fourth-order valence-corrected chi connectivity index (χ4v) is 2.05. The first-order valence-electron chi connectivity index (χ1n) is 5.96. The van der Waals surface area contributed by atoms with Crippen molar-refractivity contribution in [2.45, 2.75) is 19.3 Å². The Morgan fingerprint density at radius 2 is 2.00 bits per heavy atom. The van der Waals surface area contributed by atoms with E-state index in [2.05, 4.69) is 4.98 Å². The van der Waals surface area contributed by atoms with Crippen LogP contribution in [-0.4, -0.2) is 16.1 Å². The van der Waals surface area contributed by atoms with Crippen molar-refractivity contribution in [3.63, 3.8) is 0 Å². The maximum atomic E-state index is 11.4. The lowest BCUT2D eigenvalue weighted by Gasteiger charge is -2.12. The monoisotopic (exact) mass is 275 g/mol. The van der Waals surface area contributed by atoms with Crippen molar-refractivity contribution >= 4 is 17.6 Å². The quantitative estimate of drug-likeness (QED) is 0.930. The van der Waals surface area contributed by atoms with Gasteiger partial charge in [-0.2, -0.15) is 0 Å². The average Bonchev–Trinajstić information content (AvgIpc) is 2.37. The van der Waals surface area contributed by atoms with Crippen molar-refractivity contribution < 1.29 is 9.90 Å². The van der Waals surface area contributed by atoms with Crippen LogP contribution in [0, 0.1) is 6.92 Å². The Kier molecular flexibility index (Phi) is 4.17. The summed E-state index contributed by atoms with van der Waals surface area (Å²) in [6, 6.07) is 10.9. The highest BCUT2D eigenvalue weighted by atomic mass is 35.5. The maximum Gasteiger partial charge on any atom is 0.312 e. The van der Waals surface area contributed by atoms with Crippen LogP contribution in [0.1, 0.15) is 22.7 Å². The molecule has 2 aromatic rings. The number of halogens is 1. The van der Waals surface area contributed by atoms with Gasteiger partial charge in [-0.15, -0.1) is 0 Å². The molecule has 0 aliphatic carbocycles. The van der Waals surface area contributed by atoms with E-state index in [1.807, 2.05) is 31.2 Å². The van der Waals surface area contributed by atoms with Crippen LogP contribution in [0.2, 0.25) is 5.02 Å². The Morgan fingerprint density at radius 1 is 1.32 bits per heavy atom. The Labute approximate surface area is 116 Å². The summed E-state index contributed by atoms with van der Waals surface area (Å²) in [5.74, 6) is -1.51. The van der Waals surface area contributed by atoms with Crippen molar-refractivity contribution in [1.29, 1.82) is 0 Å². The third kappa shape index (κ3) is 3.55. The molecule has 2 rings (SSSR count). The zero-order chi connectivity index (χ0) is 13.8.